The van der Waals surface area contributed by atoms with Crippen molar-refractivity contribution in [3.63, 3.8) is 0 Å². The van der Waals surface area contributed by atoms with Crippen molar-refractivity contribution in [2.75, 3.05) is 11.9 Å². The predicted octanol–water partition coefficient (Wildman–Crippen LogP) is 7.26. The molecule has 1 atom stereocenters. The lowest BCUT2D eigenvalue weighted by Crippen LogP contribution is -2.52. The highest BCUT2D eigenvalue weighted by Gasteiger charge is 2.40. The number of unbranched alkanes of at least 4 members (excludes halogenated alkanes) is 15. The molecule has 2 aliphatic rings. The van der Waals surface area contributed by atoms with Crippen molar-refractivity contribution in [1.82, 2.24) is 10.2 Å². The number of hydrogen-bond acceptors (Lipinski definition) is 5. The third kappa shape index (κ3) is 10.3. The number of hydrogen-bond donors (Lipinski definition) is 2. The second kappa shape index (κ2) is 17.7. The minimum absolute atomic E-state index is 0.202. The highest BCUT2D eigenvalue weighted by atomic mass is 16.5. The number of nitrogens with zero attached hydrogens (tertiary/aromatic N) is 1. The van der Waals surface area contributed by atoms with Crippen molar-refractivity contribution >= 4 is 29.5 Å². The lowest BCUT2D eigenvalue weighted by molar-refractivity contribution is -0.136. The summed E-state index contributed by atoms with van der Waals surface area (Å²) in [5.41, 5.74) is 1.63. The molecule has 0 bridgehead atoms. The highest BCUT2D eigenvalue weighted by molar-refractivity contribution is 6.06. The maximum Gasteiger partial charge on any atom is 0.411 e. The average Bonchev–Trinajstić information content (AvgIpc) is 3.27. The third-order valence-electron chi connectivity index (χ3n) is 8.05. The topological polar surface area (TPSA) is 105 Å². The molecule has 1 aromatic rings. The molecule has 8 nitrogen and oxygen atoms in total. The molecule has 2 N–H and O–H groups in total. The number of carbonyl (C=O) groups excluding carboxylic acids is 4. The van der Waals surface area contributed by atoms with Crippen molar-refractivity contribution in [3.05, 3.63) is 29.3 Å². The van der Waals surface area contributed by atoms with Crippen LogP contribution >= 0.6 is 0 Å². The summed E-state index contributed by atoms with van der Waals surface area (Å²) in [7, 11) is 0. The number of fused-ring (bicyclic) bond motifs is 1. The predicted molar refractivity (Wildman–Crippen MR) is 157 cm³/mol. The van der Waals surface area contributed by atoms with E-state index in [9.17, 15) is 19.2 Å². The van der Waals surface area contributed by atoms with Crippen LogP contribution in [-0.2, 0) is 20.9 Å². The van der Waals surface area contributed by atoms with Crippen LogP contribution in [0.4, 0.5) is 10.5 Å². The van der Waals surface area contributed by atoms with E-state index >= 15 is 0 Å². The Bertz CT molecular complexity index is 979. The molecule has 2 heterocycles. The molecule has 2 aliphatic heterocycles. The van der Waals surface area contributed by atoms with Crippen LogP contribution in [-0.4, -0.2) is 41.4 Å². The van der Waals surface area contributed by atoms with E-state index in [1.807, 2.05) is 0 Å². The Kier molecular flexibility index (Phi) is 14.0. The zero-order valence-electron chi connectivity index (χ0n) is 24.4. The van der Waals surface area contributed by atoms with Gasteiger partial charge in [0.05, 0.1) is 6.61 Å². The monoisotopic (exact) mass is 555 g/mol. The van der Waals surface area contributed by atoms with Crippen molar-refractivity contribution < 1.29 is 23.9 Å². The van der Waals surface area contributed by atoms with Crippen LogP contribution in [0.25, 0.3) is 0 Å². The molecule has 1 aromatic carbocycles. The van der Waals surface area contributed by atoms with E-state index in [2.05, 4.69) is 17.6 Å². The first-order chi connectivity index (χ1) is 19.5. The molecule has 0 spiro atoms. The first-order valence-corrected chi connectivity index (χ1v) is 15.7. The third-order valence-corrected chi connectivity index (χ3v) is 8.05. The normalized spacial score (nSPS) is 16.7. The number of imide groups is 1. The van der Waals surface area contributed by atoms with E-state index < -0.39 is 18.0 Å². The van der Waals surface area contributed by atoms with Gasteiger partial charge in [-0.15, -0.1) is 0 Å². The lowest BCUT2D eigenvalue weighted by atomic mass is 10.0. The fourth-order valence-electron chi connectivity index (χ4n) is 5.66. The van der Waals surface area contributed by atoms with Crippen molar-refractivity contribution in [2.45, 2.75) is 135 Å². The van der Waals surface area contributed by atoms with Gasteiger partial charge in [0.2, 0.25) is 11.8 Å². The van der Waals surface area contributed by atoms with E-state index in [1.165, 1.54) is 88.4 Å². The molecule has 0 aromatic heterocycles. The van der Waals surface area contributed by atoms with Gasteiger partial charge in [-0.1, -0.05) is 109 Å². The molecular formula is C32H49N3O5. The van der Waals surface area contributed by atoms with Crippen LogP contribution in [0.15, 0.2) is 18.2 Å². The highest BCUT2D eigenvalue weighted by Crippen LogP contribution is 2.32. The van der Waals surface area contributed by atoms with Gasteiger partial charge in [0.1, 0.15) is 6.04 Å². The fraction of sp³-hybridized carbons (Fsp3) is 0.688. The number of benzene rings is 1. The summed E-state index contributed by atoms with van der Waals surface area (Å²) in [6.45, 7) is 2.83. The maximum atomic E-state index is 12.9. The van der Waals surface area contributed by atoms with Crippen molar-refractivity contribution in [1.29, 1.82) is 0 Å². The van der Waals surface area contributed by atoms with Gasteiger partial charge in [-0.2, -0.15) is 0 Å². The van der Waals surface area contributed by atoms with Gasteiger partial charge < -0.3 is 9.64 Å². The number of rotatable bonds is 19. The van der Waals surface area contributed by atoms with Crippen molar-refractivity contribution in [3.8, 4) is 0 Å². The van der Waals surface area contributed by atoms with Gasteiger partial charge >= 0.3 is 6.09 Å². The molecule has 0 radical (unpaired) electrons. The maximum absolute atomic E-state index is 12.9. The molecule has 1 unspecified atom stereocenters. The second-order valence-electron chi connectivity index (χ2n) is 11.3. The van der Waals surface area contributed by atoms with Crippen LogP contribution in [0.3, 0.4) is 0 Å². The molecule has 1 fully saturated rings. The van der Waals surface area contributed by atoms with Crippen LogP contribution in [0.5, 0.6) is 0 Å². The largest absolute Gasteiger partial charge is 0.449 e. The Morgan fingerprint density at radius 1 is 0.875 bits per heavy atom. The van der Waals surface area contributed by atoms with Gasteiger partial charge in [0, 0.05) is 29.8 Å². The standard InChI is InChI=1S/C32H49N3O5/c1-2-3-4-5-6-7-8-9-10-11-12-13-14-15-16-17-23-40-32(39)33-27-20-18-19-25-26(27)24-35(31(25)38)28-21-22-29(36)34-30(28)37/h18-20,28H,2-17,21-24H2,1H3,(H,33,39)(H,34,36,37). The summed E-state index contributed by atoms with van der Waals surface area (Å²) < 4.78 is 5.37. The van der Waals surface area contributed by atoms with E-state index in [1.54, 1.807) is 18.2 Å². The Balaban J connectivity index is 1.22. The van der Waals surface area contributed by atoms with E-state index in [0.29, 0.717) is 29.8 Å². The van der Waals surface area contributed by atoms with E-state index in [-0.39, 0.29) is 24.8 Å². The molecule has 0 aliphatic carbocycles. The van der Waals surface area contributed by atoms with E-state index in [4.69, 9.17) is 4.74 Å². The minimum Gasteiger partial charge on any atom is -0.449 e. The minimum atomic E-state index is -0.688. The molecule has 222 valence electrons. The Labute approximate surface area is 240 Å². The summed E-state index contributed by atoms with van der Waals surface area (Å²) >= 11 is 0. The number of nitrogens with one attached hydrogen (secondary N) is 2. The van der Waals surface area contributed by atoms with Crippen LogP contribution in [0.1, 0.15) is 138 Å². The molecule has 8 heteroatoms. The molecular weight excluding hydrogens is 506 g/mol. The first kappa shape index (κ1) is 31.6. The zero-order valence-corrected chi connectivity index (χ0v) is 24.4. The Hall–Kier alpha value is -2.90. The number of anilines is 1. The summed E-state index contributed by atoms with van der Waals surface area (Å²) in [6, 6.07) is 4.44. The number of ether oxygens (including phenoxy) is 1. The number of piperidine rings is 1. The van der Waals surface area contributed by atoms with Gasteiger partial charge in [0.15, 0.2) is 0 Å². The summed E-state index contributed by atoms with van der Waals surface area (Å²) in [6.07, 6.45) is 20.7. The first-order valence-electron chi connectivity index (χ1n) is 15.7. The van der Waals surface area contributed by atoms with Crippen LogP contribution < -0.4 is 10.6 Å². The van der Waals surface area contributed by atoms with Crippen LogP contribution in [0.2, 0.25) is 0 Å². The lowest BCUT2D eigenvalue weighted by Gasteiger charge is -2.29. The quantitative estimate of drug-likeness (QED) is 0.138. The molecule has 1 saturated heterocycles. The number of amides is 4. The van der Waals surface area contributed by atoms with Gasteiger partial charge in [-0.25, -0.2) is 4.79 Å². The fourth-order valence-corrected chi connectivity index (χ4v) is 5.66. The van der Waals surface area contributed by atoms with Crippen molar-refractivity contribution in [2.24, 2.45) is 0 Å². The summed E-state index contributed by atoms with van der Waals surface area (Å²) in [4.78, 5) is 50.5. The Morgan fingerprint density at radius 2 is 1.45 bits per heavy atom. The number of carbonyl (C=O) groups is 4. The van der Waals surface area contributed by atoms with Gasteiger partial charge in [-0.05, 0) is 25.0 Å². The molecule has 3 rings (SSSR count). The summed E-state index contributed by atoms with van der Waals surface area (Å²) in [5.74, 6) is -1.04. The average molecular weight is 556 g/mol. The molecule has 40 heavy (non-hydrogen) atoms. The van der Waals surface area contributed by atoms with E-state index in [0.717, 1.165) is 19.3 Å². The molecule has 4 amide bonds. The van der Waals surface area contributed by atoms with Gasteiger partial charge in [-0.3, -0.25) is 25.0 Å². The summed E-state index contributed by atoms with van der Waals surface area (Å²) in [5, 5.41) is 5.07. The SMILES string of the molecule is CCCCCCCCCCCCCCCCCCOC(=O)Nc1cccc2c1CN(C1CCC(=O)NC1=O)C2=O. The smallest absolute Gasteiger partial charge is 0.411 e. The Morgan fingerprint density at radius 3 is 2.02 bits per heavy atom. The second-order valence-corrected chi connectivity index (χ2v) is 11.3. The van der Waals surface area contributed by atoms with Crippen LogP contribution in [0, 0.1) is 0 Å². The van der Waals surface area contributed by atoms with Gasteiger partial charge in [0.25, 0.3) is 5.91 Å². The molecule has 0 saturated carbocycles. The zero-order chi connectivity index (χ0) is 28.6.